The summed E-state index contributed by atoms with van der Waals surface area (Å²) in [7, 11) is 1.97. The van der Waals surface area contributed by atoms with E-state index >= 15 is 0 Å². The fourth-order valence-corrected chi connectivity index (χ4v) is 0. The van der Waals surface area contributed by atoms with Crippen LogP contribution in [0.1, 0.15) is 0 Å². The molecular formula is CH3BI2N. The SMILES string of the molecule is C[B]N(I)I. The summed E-state index contributed by atoms with van der Waals surface area (Å²) >= 11 is 4.34. The number of halogens is 2. The van der Waals surface area contributed by atoms with Gasteiger partial charge in [0.1, 0.15) is 0 Å². The van der Waals surface area contributed by atoms with Crippen LogP contribution in [-0.4, -0.2) is 8.65 Å². The van der Waals surface area contributed by atoms with Gasteiger partial charge < -0.3 is 0 Å². The molecule has 0 aromatic heterocycles. The summed E-state index contributed by atoms with van der Waals surface area (Å²) in [5, 5.41) is 0. The second-order valence-electron chi connectivity index (χ2n) is 0.517. The highest BCUT2D eigenvalue weighted by atomic mass is 127. The molecule has 0 unspecified atom stereocenters. The first-order valence-corrected chi connectivity index (χ1v) is 3.10. The van der Waals surface area contributed by atoms with Crippen LogP contribution in [0.5, 0.6) is 0 Å². The van der Waals surface area contributed by atoms with Gasteiger partial charge in [0.25, 0.3) is 0 Å². The predicted octanol–water partition coefficient (Wildman–Crippen LogP) is 1.66. The molecule has 0 aliphatic rings. The van der Waals surface area contributed by atoms with Crippen molar-refractivity contribution in [2.45, 2.75) is 6.82 Å². The van der Waals surface area contributed by atoms with Gasteiger partial charge in [-0.1, -0.05) is 6.82 Å². The second-order valence-corrected chi connectivity index (χ2v) is 4.44. The van der Waals surface area contributed by atoms with E-state index in [4.69, 9.17) is 0 Å². The van der Waals surface area contributed by atoms with Crippen LogP contribution >= 0.6 is 45.7 Å². The molecule has 0 spiro atoms. The Morgan fingerprint density at radius 2 is 1.80 bits per heavy atom. The van der Waals surface area contributed by atoms with Crippen molar-refractivity contribution in [3.63, 3.8) is 0 Å². The molecule has 4 heteroatoms. The van der Waals surface area contributed by atoms with Crippen LogP contribution in [-0.2, 0) is 0 Å². The molecule has 1 radical (unpaired) electrons. The average molecular weight is 294 g/mol. The lowest BCUT2D eigenvalue weighted by Gasteiger charge is -1.91. The molecule has 0 aliphatic carbocycles. The molecular weight excluding hydrogens is 291 g/mol. The zero-order valence-electron chi connectivity index (χ0n) is 2.78. The minimum absolute atomic E-state index is 1.94. The second kappa shape index (κ2) is 3.67. The summed E-state index contributed by atoms with van der Waals surface area (Å²) in [5.74, 6) is 0. The third-order valence-corrected chi connectivity index (χ3v) is 1.31. The minimum atomic E-state index is 1.94. The minimum Gasteiger partial charge on any atom is -0.238 e. The van der Waals surface area contributed by atoms with Crippen LogP contribution in [0, 0.1) is 0 Å². The maximum Gasteiger partial charge on any atom is 0.233 e. The first-order chi connectivity index (χ1) is 2.27. The van der Waals surface area contributed by atoms with Crippen molar-refractivity contribution in [2.24, 2.45) is 0 Å². The Hall–Kier alpha value is 1.48. The lowest BCUT2D eigenvalue weighted by Crippen LogP contribution is -1.94. The molecule has 0 saturated heterocycles. The van der Waals surface area contributed by atoms with Crippen LogP contribution in [0.2, 0.25) is 6.82 Å². The van der Waals surface area contributed by atoms with Gasteiger partial charge in [-0.05, 0) is 0 Å². The summed E-state index contributed by atoms with van der Waals surface area (Å²) in [6, 6.07) is 0. The van der Waals surface area contributed by atoms with E-state index in [0.717, 1.165) is 0 Å². The Kier molecular flexibility index (Phi) is 4.76. The lowest BCUT2D eigenvalue weighted by molar-refractivity contribution is 1.40. The van der Waals surface area contributed by atoms with E-state index in [0.29, 0.717) is 0 Å². The quantitative estimate of drug-likeness (QED) is 0.404. The predicted molar refractivity (Wildman–Crippen MR) is 41.5 cm³/mol. The Balaban J connectivity index is 2.54. The third kappa shape index (κ3) is 5.48. The molecule has 0 heterocycles. The molecule has 5 heavy (non-hydrogen) atoms. The highest BCUT2D eigenvalue weighted by Gasteiger charge is 1.82. The highest BCUT2D eigenvalue weighted by Crippen LogP contribution is 2.01. The fourth-order valence-electron chi connectivity index (χ4n) is 0. The lowest BCUT2D eigenvalue weighted by atomic mass is 10.0. The van der Waals surface area contributed by atoms with Crippen molar-refractivity contribution in [1.82, 2.24) is 1.24 Å². The average Bonchev–Trinajstić information content (AvgIpc) is 1.38. The Morgan fingerprint density at radius 1 is 1.60 bits per heavy atom. The van der Waals surface area contributed by atoms with E-state index in [2.05, 4.69) is 45.7 Å². The maximum atomic E-state index is 2.17. The molecule has 0 atom stereocenters. The van der Waals surface area contributed by atoms with Gasteiger partial charge in [-0.25, -0.2) is 1.24 Å². The van der Waals surface area contributed by atoms with Gasteiger partial charge in [0.05, 0.1) is 0 Å². The van der Waals surface area contributed by atoms with Crippen molar-refractivity contribution in [1.29, 1.82) is 0 Å². The van der Waals surface area contributed by atoms with E-state index in [9.17, 15) is 0 Å². The smallest absolute Gasteiger partial charge is 0.233 e. The zero-order valence-corrected chi connectivity index (χ0v) is 7.10. The molecule has 0 aliphatic heterocycles. The summed E-state index contributed by atoms with van der Waals surface area (Å²) in [6.07, 6.45) is 0. The largest absolute Gasteiger partial charge is 0.238 e. The van der Waals surface area contributed by atoms with E-state index in [1.54, 1.807) is 0 Å². The molecule has 0 fully saturated rings. The molecule has 0 aromatic rings. The van der Waals surface area contributed by atoms with Gasteiger partial charge >= 0.3 is 0 Å². The summed E-state index contributed by atoms with van der Waals surface area (Å²) in [4.78, 5) is 0. The van der Waals surface area contributed by atoms with Crippen LogP contribution in [0.4, 0.5) is 0 Å². The Bertz CT molecular complexity index is 23.6. The number of nitrogens with zero attached hydrogens (tertiary/aromatic N) is 1. The zero-order chi connectivity index (χ0) is 4.28. The van der Waals surface area contributed by atoms with Crippen LogP contribution in [0.25, 0.3) is 0 Å². The summed E-state index contributed by atoms with van der Waals surface area (Å²) in [5.41, 5.74) is 0. The first kappa shape index (κ1) is 6.48. The standard InChI is InChI=1S/CH3BI2N/c1-2-5(3)4/h1H3. The Morgan fingerprint density at radius 3 is 1.80 bits per heavy atom. The van der Waals surface area contributed by atoms with Crippen molar-refractivity contribution in [2.75, 3.05) is 0 Å². The topological polar surface area (TPSA) is 3.24 Å². The molecule has 29 valence electrons. The van der Waals surface area contributed by atoms with Crippen molar-refractivity contribution < 1.29 is 0 Å². The molecule has 0 saturated carbocycles. The molecule has 0 N–H and O–H groups in total. The van der Waals surface area contributed by atoms with E-state index in [1.165, 1.54) is 0 Å². The van der Waals surface area contributed by atoms with Crippen LogP contribution in [0.3, 0.4) is 0 Å². The number of rotatable bonds is 1. The van der Waals surface area contributed by atoms with Gasteiger partial charge in [-0.15, -0.1) is 0 Å². The van der Waals surface area contributed by atoms with Crippen molar-refractivity contribution >= 4 is 53.1 Å². The first-order valence-electron chi connectivity index (χ1n) is 1.17. The summed E-state index contributed by atoms with van der Waals surface area (Å²) in [6.45, 7) is 1.98. The van der Waals surface area contributed by atoms with Gasteiger partial charge in [0, 0.05) is 45.7 Å². The van der Waals surface area contributed by atoms with Gasteiger partial charge in [-0.2, -0.15) is 0 Å². The fraction of sp³-hybridized carbons (Fsp3) is 1.00. The van der Waals surface area contributed by atoms with Gasteiger partial charge in [-0.3, -0.25) is 0 Å². The van der Waals surface area contributed by atoms with Crippen LogP contribution in [0.15, 0.2) is 0 Å². The maximum absolute atomic E-state index is 2.17. The highest BCUT2D eigenvalue weighted by molar-refractivity contribution is 14.2. The van der Waals surface area contributed by atoms with Crippen molar-refractivity contribution in [3.05, 3.63) is 0 Å². The molecule has 1 nitrogen and oxygen atoms in total. The Labute approximate surface area is 60.7 Å². The number of hydrogen-bond donors (Lipinski definition) is 0. The van der Waals surface area contributed by atoms with Gasteiger partial charge in [0.2, 0.25) is 7.41 Å². The van der Waals surface area contributed by atoms with E-state index in [1.807, 2.05) is 15.5 Å². The van der Waals surface area contributed by atoms with Crippen molar-refractivity contribution in [3.8, 4) is 0 Å². The van der Waals surface area contributed by atoms with E-state index in [-0.39, 0.29) is 0 Å². The van der Waals surface area contributed by atoms with E-state index < -0.39 is 0 Å². The normalized spacial score (nSPS) is 8.80. The summed E-state index contributed by atoms with van der Waals surface area (Å²) < 4.78 is 1.94. The van der Waals surface area contributed by atoms with Crippen LogP contribution < -0.4 is 0 Å². The molecule has 0 aromatic carbocycles. The molecule has 0 amide bonds. The third-order valence-electron chi connectivity index (χ3n) is 0.195. The monoisotopic (exact) mass is 294 g/mol. The van der Waals surface area contributed by atoms with Gasteiger partial charge in [0.15, 0.2) is 0 Å². The molecule has 0 rings (SSSR count). The number of hydrogen-bond acceptors (Lipinski definition) is 1. The molecule has 0 bridgehead atoms.